The first-order valence-electron chi connectivity index (χ1n) is 7.95. The Morgan fingerprint density at radius 3 is 2.90 bits per heavy atom. The third-order valence-corrected chi connectivity index (χ3v) is 3.66. The van der Waals surface area contributed by atoms with E-state index < -0.39 is 0 Å². The van der Waals surface area contributed by atoms with E-state index in [1.807, 2.05) is 19.1 Å². The molecule has 0 radical (unpaired) electrons. The second-order valence-corrected chi connectivity index (χ2v) is 5.52. The van der Waals surface area contributed by atoms with Crippen LogP contribution in [0, 0.1) is 0 Å². The number of nitrogens with one attached hydrogen (secondary N) is 2. The standard InChI is InChI=1S/C17H25N3O/c1-2-6-17(21)20-15-9-10-16(19-13-15)18-12-11-14-7-4-3-5-8-14/h7,9-10,13H,2-6,8,11-12H2,1H3,(H,18,19)(H,20,21). The van der Waals surface area contributed by atoms with Gasteiger partial charge in [0.2, 0.25) is 5.91 Å². The van der Waals surface area contributed by atoms with E-state index in [0.29, 0.717) is 6.42 Å². The highest BCUT2D eigenvalue weighted by Gasteiger charge is 2.04. The fraction of sp³-hybridized carbons (Fsp3) is 0.529. The van der Waals surface area contributed by atoms with Crippen LogP contribution in [-0.2, 0) is 4.79 Å². The van der Waals surface area contributed by atoms with Crippen molar-refractivity contribution in [3.8, 4) is 0 Å². The molecule has 4 heteroatoms. The third kappa shape index (κ3) is 5.58. The van der Waals surface area contributed by atoms with Crippen LogP contribution < -0.4 is 10.6 Å². The van der Waals surface area contributed by atoms with Gasteiger partial charge in [0.1, 0.15) is 5.82 Å². The first-order valence-corrected chi connectivity index (χ1v) is 7.95. The summed E-state index contributed by atoms with van der Waals surface area (Å²) < 4.78 is 0. The van der Waals surface area contributed by atoms with Gasteiger partial charge in [-0.15, -0.1) is 0 Å². The Balaban J connectivity index is 1.74. The molecule has 0 aliphatic heterocycles. The van der Waals surface area contributed by atoms with Gasteiger partial charge in [-0.1, -0.05) is 18.6 Å². The van der Waals surface area contributed by atoms with Crippen LogP contribution in [0.15, 0.2) is 30.0 Å². The lowest BCUT2D eigenvalue weighted by molar-refractivity contribution is -0.116. The van der Waals surface area contributed by atoms with Crippen molar-refractivity contribution in [1.82, 2.24) is 4.98 Å². The minimum atomic E-state index is 0.0456. The molecule has 0 spiro atoms. The van der Waals surface area contributed by atoms with Crippen LogP contribution in [0.1, 0.15) is 51.9 Å². The van der Waals surface area contributed by atoms with Crippen molar-refractivity contribution >= 4 is 17.4 Å². The fourth-order valence-electron chi connectivity index (χ4n) is 2.51. The van der Waals surface area contributed by atoms with E-state index in [4.69, 9.17) is 0 Å². The van der Waals surface area contributed by atoms with Crippen LogP contribution in [0.25, 0.3) is 0 Å². The van der Waals surface area contributed by atoms with Crippen LogP contribution in [-0.4, -0.2) is 17.4 Å². The lowest BCUT2D eigenvalue weighted by Gasteiger charge is -2.13. The number of nitrogens with zero attached hydrogens (tertiary/aromatic N) is 1. The minimum absolute atomic E-state index is 0.0456. The summed E-state index contributed by atoms with van der Waals surface area (Å²) in [6.45, 7) is 2.91. The Hall–Kier alpha value is -1.84. The van der Waals surface area contributed by atoms with Crippen molar-refractivity contribution in [2.45, 2.75) is 51.9 Å². The topological polar surface area (TPSA) is 54.0 Å². The van der Waals surface area contributed by atoms with E-state index in [1.165, 1.54) is 25.7 Å². The molecule has 0 atom stereocenters. The van der Waals surface area contributed by atoms with Gasteiger partial charge in [0.15, 0.2) is 0 Å². The predicted molar refractivity (Wildman–Crippen MR) is 87.4 cm³/mol. The zero-order valence-corrected chi connectivity index (χ0v) is 12.8. The molecule has 0 saturated carbocycles. The number of carbonyl (C=O) groups excluding carboxylic acids is 1. The average molecular weight is 287 g/mol. The lowest BCUT2D eigenvalue weighted by atomic mass is 9.97. The van der Waals surface area contributed by atoms with Crippen molar-refractivity contribution in [2.75, 3.05) is 17.2 Å². The second-order valence-electron chi connectivity index (χ2n) is 5.52. The smallest absolute Gasteiger partial charge is 0.224 e. The summed E-state index contributed by atoms with van der Waals surface area (Å²) in [5.74, 6) is 0.907. The summed E-state index contributed by atoms with van der Waals surface area (Å²) >= 11 is 0. The highest BCUT2D eigenvalue weighted by atomic mass is 16.1. The van der Waals surface area contributed by atoms with Gasteiger partial charge in [-0.25, -0.2) is 4.98 Å². The summed E-state index contributed by atoms with van der Waals surface area (Å²) in [6.07, 6.45) is 11.7. The first-order chi connectivity index (χ1) is 10.3. The Labute approximate surface area is 127 Å². The van der Waals surface area contributed by atoms with E-state index in [0.717, 1.165) is 30.9 Å². The van der Waals surface area contributed by atoms with Gasteiger partial charge >= 0.3 is 0 Å². The molecule has 1 amide bonds. The Morgan fingerprint density at radius 2 is 2.24 bits per heavy atom. The molecule has 0 saturated heterocycles. The van der Waals surface area contributed by atoms with Gasteiger partial charge in [0.25, 0.3) is 0 Å². The number of pyridine rings is 1. The van der Waals surface area contributed by atoms with Gasteiger partial charge < -0.3 is 10.6 Å². The molecule has 21 heavy (non-hydrogen) atoms. The second kappa shape index (κ2) is 8.45. The summed E-state index contributed by atoms with van der Waals surface area (Å²) in [4.78, 5) is 15.8. The molecule has 1 aromatic heterocycles. The molecule has 2 N–H and O–H groups in total. The molecule has 1 aromatic rings. The van der Waals surface area contributed by atoms with Gasteiger partial charge in [0.05, 0.1) is 11.9 Å². The van der Waals surface area contributed by atoms with Crippen LogP contribution in [0.2, 0.25) is 0 Å². The van der Waals surface area contributed by atoms with Crippen molar-refractivity contribution in [1.29, 1.82) is 0 Å². The van der Waals surface area contributed by atoms with Crippen LogP contribution in [0.3, 0.4) is 0 Å². The highest BCUT2D eigenvalue weighted by molar-refractivity contribution is 5.90. The van der Waals surface area contributed by atoms with Crippen LogP contribution >= 0.6 is 0 Å². The van der Waals surface area contributed by atoms with E-state index in [2.05, 4.69) is 21.7 Å². The molecule has 1 aliphatic carbocycles. The summed E-state index contributed by atoms with van der Waals surface area (Å²) in [7, 11) is 0. The van der Waals surface area contributed by atoms with E-state index >= 15 is 0 Å². The van der Waals surface area contributed by atoms with Crippen LogP contribution in [0.4, 0.5) is 11.5 Å². The molecule has 114 valence electrons. The molecule has 2 rings (SSSR count). The molecule has 0 unspecified atom stereocenters. The maximum absolute atomic E-state index is 11.5. The Kier molecular flexibility index (Phi) is 6.25. The summed E-state index contributed by atoms with van der Waals surface area (Å²) in [5, 5.41) is 6.17. The molecular weight excluding hydrogens is 262 g/mol. The third-order valence-electron chi connectivity index (χ3n) is 3.66. The predicted octanol–water partition coefficient (Wildman–Crippen LogP) is 4.12. The molecule has 0 bridgehead atoms. The van der Waals surface area contributed by atoms with Gasteiger partial charge in [-0.2, -0.15) is 0 Å². The number of hydrogen-bond donors (Lipinski definition) is 2. The molecule has 0 fully saturated rings. The zero-order chi connectivity index (χ0) is 14.9. The Bertz CT molecular complexity index is 479. The fourth-order valence-corrected chi connectivity index (χ4v) is 2.51. The molecule has 0 aromatic carbocycles. The summed E-state index contributed by atoms with van der Waals surface area (Å²) in [6, 6.07) is 3.81. The van der Waals surface area contributed by atoms with Gasteiger partial charge in [-0.3, -0.25) is 4.79 Å². The maximum atomic E-state index is 11.5. The Morgan fingerprint density at radius 1 is 1.33 bits per heavy atom. The van der Waals surface area contributed by atoms with Crippen molar-refractivity contribution in [3.63, 3.8) is 0 Å². The number of anilines is 2. The molecule has 1 aliphatic rings. The minimum Gasteiger partial charge on any atom is -0.370 e. The summed E-state index contributed by atoms with van der Waals surface area (Å²) in [5.41, 5.74) is 2.33. The monoisotopic (exact) mass is 287 g/mol. The van der Waals surface area contributed by atoms with E-state index in [9.17, 15) is 4.79 Å². The highest BCUT2D eigenvalue weighted by Crippen LogP contribution is 2.20. The first kappa shape index (κ1) is 15.5. The van der Waals surface area contributed by atoms with Crippen LogP contribution in [0.5, 0.6) is 0 Å². The average Bonchev–Trinajstić information content (AvgIpc) is 2.50. The number of rotatable bonds is 7. The zero-order valence-electron chi connectivity index (χ0n) is 12.8. The molecule has 1 heterocycles. The quantitative estimate of drug-likeness (QED) is 0.742. The number of carbonyl (C=O) groups is 1. The maximum Gasteiger partial charge on any atom is 0.224 e. The van der Waals surface area contributed by atoms with E-state index in [1.54, 1.807) is 11.8 Å². The number of amides is 1. The van der Waals surface area contributed by atoms with Gasteiger partial charge in [0, 0.05) is 13.0 Å². The number of aromatic nitrogens is 1. The molecule has 4 nitrogen and oxygen atoms in total. The lowest BCUT2D eigenvalue weighted by Crippen LogP contribution is -2.11. The number of allylic oxidation sites excluding steroid dienone is 1. The normalized spacial score (nSPS) is 14.4. The van der Waals surface area contributed by atoms with Crippen molar-refractivity contribution in [2.24, 2.45) is 0 Å². The molecular formula is C17H25N3O. The van der Waals surface area contributed by atoms with Gasteiger partial charge in [-0.05, 0) is 50.7 Å². The van der Waals surface area contributed by atoms with Crippen molar-refractivity contribution in [3.05, 3.63) is 30.0 Å². The number of hydrogen-bond acceptors (Lipinski definition) is 3. The SMILES string of the molecule is CCCC(=O)Nc1ccc(NCCC2=CCCCC2)nc1. The van der Waals surface area contributed by atoms with Crippen molar-refractivity contribution < 1.29 is 4.79 Å². The van der Waals surface area contributed by atoms with E-state index in [-0.39, 0.29) is 5.91 Å². The largest absolute Gasteiger partial charge is 0.370 e.